The summed E-state index contributed by atoms with van der Waals surface area (Å²) >= 11 is 0. The minimum atomic E-state index is 0.106. The van der Waals surface area contributed by atoms with Gasteiger partial charge in [0.25, 0.3) is 0 Å². The van der Waals surface area contributed by atoms with Crippen LogP contribution >= 0.6 is 0 Å². The van der Waals surface area contributed by atoms with Gasteiger partial charge in [-0.05, 0) is 57.1 Å². The van der Waals surface area contributed by atoms with E-state index in [1.807, 2.05) is 6.07 Å². The number of likely N-dealkylation sites (tertiary alicyclic amines) is 1. The smallest absolute Gasteiger partial charge is 0.225 e. The van der Waals surface area contributed by atoms with Gasteiger partial charge in [0.15, 0.2) is 0 Å². The van der Waals surface area contributed by atoms with Gasteiger partial charge in [0.1, 0.15) is 0 Å². The number of carbonyl (C=O) groups is 1. The van der Waals surface area contributed by atoms with Crippen molar-refractivity contribution in [3.05, 3.63) is 42.5 Å². The Kier molecular flexibility index (Phi) is 4.93. The van der Waals surface area contributed by atoms with E-state index in [4.69, 9.17) is 0 Å². The third-order valence-electron chi connectivity index (χ3n) is 5.48. The van der Waals surface area contributed by atoms with Crippen LogP contribution in [0.5, 0.6) is 0 Å². The molecule has 0 aliphatic carbocycles. The first-order valence-corrected chi connectivity index (χ1v) is 9.79. The number of aromatic nitrogens is 1. The van der Waals surface area contributed by atoms with Crippen molar-refractivity contribution in [3.8, 4) is 0 Å². The zero-order chi connectivity index (χ0) is 17.9. The van der Waals surface area contributed by atoms with E-state index in [0.717, 1.165) is 31.9 Å². The average molecular weight is 349 g/mol. The fraction of sp³-hybridized carbons (Fsp3) is 0.409. The number of piperidine rings is 1. The molecule has 2 heterocycles. The molecular weight excluding hydrogens is 322 g/mol. The fourth-order valence-corrected chi connectivity index (χ4v) is 4.14. The van der Waals surface area contributed by atoms with Gasteiger partial charge in [-0.1, -0.05) is 24.6 Å². The van der Waals surface area contributed by atoms with Crippen molar-refractivity contribution in [2.45, 2.75) is 39.2 Å². The summed E-state index contributed by atoms with van der Waals surface area (Å²) < 4.78 is 2.33. The summed E-state index contributed by atoms with van der Waals surface area (Å²) in [5.41, 5.74) is 3.36. The third-order valence-corrected chi connectivity index (χ3v) is 5.48. The molecule has 1 amide bonds. The number of benzene rings is 2. The quantitative estimate of drug-likeness (QED) is 0.729. The van der Waals surface area contributed by atoms with Gasteiger partial charge in [-0.25, -0.2) is 0 Å². The molecule has 0 spiro atoms. The minimum absolute atomic E-state index is 0.106. The van der Waals surface area contributed by atoms with E-state index in [2.05, 4.69) is 58.1 Å². The molecule has 2 aromatic carbocycles. The van der Waals surface area contributed by atoms with Crippen LogP contribution in [-0.4, -0.2) is 35.0 Å². The summed E-state index contributed by atoms with van der Waals surface area (Å²) in [4.78, 5) is 14.8. The number of hydrogen-bond donors (Lipinski definition) is 1. The number of fused-ring (bicyclic) bond motifs is 3. The largest absolute Gasteiger partial charge is 0.341 e. The number of amides is 1. The number of aryl methyl sites for hydroxylation is 1. The lowest BCUT2D eigenvalue weighted by atomic mass is 10.1. The highest BCUT2D eigenvalue weighted by Crippen LogP contribution is 2.31. The lowest BCUT2D eigenvalue weighted by molar-refractivity contribution is -0.116. The second-order valence-corrected chi connectivity index (χ2v) is 7.19. The van der Waals surface area contributed by atoms with Gasteiger partial charge in [-0.3, -0.25) is 4.79 Å². The summed E-state index contributed by atoms with van der Waals surface area (Å²) in [6.07, 6.45) is 4.42. The summed E-state index contributed by atoms with van der Waals surface area (Å²) in [6, 6.07) is 14.7. The predicted molar refractivity (Wildman–Crippen MR) is 109 cm³/mol. The molecule has 136 valence electrons. The van der Waals surface area contributed by atoms with Crippen molar-refractivity contribution < 1.29 is 4.79 Å². The molecule has 0 radical (unpaired) electrons. The summed E-state index contributed by atoms with van der Waals surface area (Å²) in [5.74, 6) is 0.106. The van der Waals surface area contributed by atoms with E-state index in [0.29, 0.717) is 6.42 Å². The highest BCUT2D eigenvalue weighted by molar-refractivity contribution is 6.09. The van der Waals surface area contributed by atoms with Gasteiger partial charge in [-0.2, -0.15) is 0 Å². The van der Waals surface area contributed by atoms with Crippen LogP contribution in [0, 0.1) is 0 Å². The Labute approximate surface area is 154 Å². The second-order valence-electron chi connectivity index (χ2n) is 7.19. The Bertz CT molecular complexity index is 922. The van der Waals surface area contributed by atoms with E-state index in [1.54, 1.807) is 0 Å². The molecule has 0 saturated carbocycles. The number of nitrogens with zero attached hydrogens (tertiary/aromatic N) is 2. The van der Waals surface area contributed by atoms with Crippen LogP contribution in [0.4, 0.5) is 5.69 Å². The Hall–Kier alpha value is -2.33. The van der Waals surface area contributed by atoms with Gasteiger partial charge in [0, 0.05) is 47.0 Å². The second kappa shape index (κ2) is 7.50. The predicted octanol–water partition coefficient (Wildman–Crippen LogP) is 4.63. The third kappa shape index (κ3) is 3.34. The van der Waals surface area contributed by atoms with E-state index >= 15 is 0 Å². The van der Waals surface area contributed by atoms with Crippen LogP contribution in [0.25, 0.3) is 21.8 Å². The number of anilines is 1. The first-order valence-electron chi connectivity index (χ1n) is 9.79. The summed E-state index contributed by atoms with van der Waals surface area (Å²) in [6.45, 7) is 6.24. The maximum atomic E-state index is 12.4. The molecule has 4 rings (SSSR count). The molecule has 0 unspecified atom stereocenters. The zero-order valence-electron chi connectivity index (χ0n) is 15.5. The van der Waals surface area contributed by atoms with Crippen molar-refractivity contribution in [1.82, 2.24) is 9.47 Å². The fourth-order valence-electron chi connectivity index (χ4n) is 4.14. The Morgan fingerprint density at radius 3 is 2.58 bits per heavy atom. The standard InChI is InChI=1S/C22H27N3O/c1-2-25-20-9-5-4-8-18(20)19-16-17(10-11-21(19)25)23-22(26)12-15-24-13-6-3-7-14-24/h4-5,8-11,16H,2-3,6-7,12-15H2,1H3,(H,23,26). The number of para-hydroxylation sites is 1. The van der Waals surface area contributed by atoms with E-state index in [9.17, 15) is 4.79 Å². The Balaban J connectivity index is 1.52. The van der Waals surface area contributed by atoms with Gasteiger partial charge in [-0.15, -0.1) is 0 Å². The summed E-state index contributed by atoms with van der Waals surface area (Å²) in [7, 11) is 0. The molecule has 4 nitrogen and oxygen atoms in total. The molecule has 4 heteroatoms. The van der Waals surface area contributed by atoms with Gasteiger partial charge >= 0.3 is 0 Å². The van der Waals surface area contributed by atoms with Crippen LogP contribution in [0.1, 0.15) is 32.6 Å². The maximum absolute atomic E-state index is 12.4. The van der Waals surface area contributed by atoms with Crippen LogP contribution in [0.2, 0.25) is 0 Å². The summed E-state index contributed by atoms with van der Waals surface area (Å²) in [5, 5.41) is 5.54. The molecular formula is C22H27N3O. The van der Waals surface area contributed by atoms with Gasteiger partial charge in [0.2, 0.25) is 5.91 Å². The average Bonchev–Trinajstić information content (AvgIpc) is 3.00. The Morgan fingerprint density at radius 2 is 1.77 bits per heavy atom. The zero-order valence-corrected chi connectivity index (χ0v) is 15.5. The van der Waals surface area contributed by atoms with Crippen molar-refractivity contribution in [1.29, 1.82) is 0 Å². The first-order chi connectivity index (χ1) is 12.8. The van der Waals surface area contributed by atoms with Crippen molar-refractivity contribution in [3.63, 3.8) is 0 Å². The van der Waals surface area contributed by atoms with Crippen molar-refractivity contribution in [2.24, 2.45) is 0 Å². The highest BCUT2D eigenvalue weighted by atomic mass is 16.1. The number of hydrogen-bond acceptors (Lipinski definition) is 2. The van der Waals surface area contributed by atoms with Crippen LogP contribution in [0.15, 0.2) is 42.5 Å². The maximum Gasteiger partial charge on any atom is 0.225 e. The molecule has 1 aliphatic rings. The number of carbonyl (C=O) groups excluding carboxylic acids is 1. The van der Waals surface area contributed by atoms with E-state index in [-0.39, 0.29) is 5.91 Å². The molecule has 3 aromatic rings. The van der Waals surface area contributed by atoms with E-state index < -0.39 is 0 Å². The molecule has 0 bridgehead atoms. The highest BCUT2D eigenvalue weighted by Gasteiger charge is 2.13. The normalized spacial score (nSPS) is 15.6. The van der Waals surface area contributed by atoms with E-state index in [1.165, 1.54) is 41.1 Å². The number of nitrogens with one attached hydrogen (secondary N) is 1. The molecule has 1 saturated heterocycles. The molecule has 1 aliphatic heterocycles. The molecule has 0 atom stereocenters. The first kappa shape index (κ1) is 17.1. The minimum Gasteiger partial charge on any atom is -0.341 e. The van der Waals surface area contributed by atoms with Crippen LogP contribution in [0.3, 0.4) is 0 Å². The number of rotatable bonds is 5. The lowest BCUT2D eigenvalue weighted by Crippen LogP contribution is -2.32. The van der Waals surface area contributed by atoms with Crippen molar-refractivity contribution >= 4 is 33.4 Å². The molecule has 1 aromatic heterocycles. The molecule has 1 N–H and O–H groups in total. The lowest BCUT2D eigenvalue weighted by Gasteiger charge is -2.25. The van der Waals surface area contributed by atoms with Gasteiger partial charge in [0.05, 0.1) is 0 Å². The topological polar surface area (TPSA) is 37.3 Å². The van der Waals surface area contributed by atoms with Crippen molar-refractivity contribution in [2.75, 3.05) is 25.0 Å². The van der Waals surface area contributed by atoms with Gasteiger partial charge < -0.3 is 14.8 Å². The molecule has 1 fully saturated rings. The van der Waals surface area contributed by atoms with Crippen LogP contribution < -0.4 is 5.32 Å². The molecule has 26 heavy (non-hydrogen) atoms. The monoisotopic (exact) mass is 349 g/mol. The van der Waals surface area contributed by atoms with Crippen LogP contribution in [-0.2, 0) is 11.3 Å². The SMILES string of the molecule is CCn1c2ccccc2c2cc(NC(=O)CCN3CCCCC3)ccc21. The Morgan fingerprint density at radius 1 is 1.00 bits per heavy atom.